The SMILES string of the molecule is CCCN(CCC)C(=O)C1=Cc2ccc(-c3ccc4c(=O)n(CC(C)C)c(C)cc4c3)cc2N=C(N)C1. The number of nitrogens with zero attached hydrogens (tertiary/aromatic N) is 3. The summed E-state index contributed by atoms with van der Waals surface area (Å²) in [5, 5.41) is 1.65. The first-order chi connectivity index (χ1) is 17.7. The van der Waals surface area contributed by atoms with Crippen molar-refractivity contribution in [1.29, 1.82) is 0 Å². The molecule has 1 aromatic heterocycles. The monoisotopic (exact) mass is 498 g/mol. The lowest BCUT2D eigenvalue weighted by Gasteiger charge is -2.22. The smallest absolute Gasteiger partial charge is 0.258 e. The van der Waals surface area contributed by atoms with Crippen LogP contribution >= 0.6 is 0 Å². The van der Waals surface area contributed by atoms with Crippen LogP contribution in [0.5, 0.6) is 0 Å². The molecule has 1 aliphatic rings. The van der Waals surface area contributed by atoms with E-state index in [1.54, 1.807) is 0 Å². The van der Waals surface area contributed by atoms with Gasteiger partial charge in [-0.2, -0.15) is 0 Å². The highest BCUT2D eigenvalue weighted by atomic mass is 16.2. The lowest BCUT2D eigenvalue weighted by molar-refractivity contribution is -0.127. The first-order valence-corrected chi connectivity index (χ1v) is 13.3. The zero-order valence-electron chi connectivity index (χ0n) is 22.7. The number of nitrogens with two attached hydrogens (primary N) is 1. The molecule has 0 atom stereocenters. The highest BCUT2D eigenvalue weighted by molar-refractivity contribution is 6.05. The Labute approximate surface area is 219 Å². The molecule has 0 fully saturated rings. The number of carbonyl (C=O) groups is 1. The van der Waals surface area contributed by atoms with Gasteiger partial charge in [0.05, 0.1) is 5.69 Å². The Bertz CT molecular complexity index is 1440. The van der Waals surface area contributed by atoms with Crippen molar-refractivity contribution in [2.24, 2.45) is 16.6 Å². The molecule has 4 rings (SSSR count). The van der Waals surface area contributed by atoms with Gasteiger partial charge in [0.15, 0.2) is 0 Å². The molecular formula is C31H38N4O2. The topological polar surface area (TPSA) is 80.7 Å². The number of hydrogen-bond acceptors (Lipinski definition) is 4. The van der Waals surface area contributed by atoms with Crippen LogP contribution in [0.4, 0.5) is 5.69 Å². The van der Waals surface area contributed by atoms with Crippen molar-refractivity contribution < 1.29 is 4.79 Å². The highest BCUT2D eigenvalue weighted by Crippen LogP contribution is 2.33. The van der Waals surface area contributed by atoms with E-state index in [9.17, 15) is 9.59 Å². The average Bonchev–Trinajstić information content (AvgIpc) is 3.03. The second kappa shape index (κ2) is 11.2. The fourth-order valence-electron chi connectivity index (χ4n) is 5.02. The van der Waals surface area contributed by atoms with Gasteiger partial charge in [0, 0.05) is 48.3 Å². The number of pyridine rings is 1. The summed E-state index contributed by atoms with van der Waals surface area (Å²) in [5.41, 5.74) is 11.6. The lowest BCUT2D eigenvalue weighted by atomic mass is 9.98. The van der Waals surface area contributed by atoms with Crippen LogP contribution in [0.25, 0.3) is 28.0 Å². The number of benzene rings is 2. The zero-order valence-corrected chi connectivity index (χ0v) is 22.7. The molecule has 0 unspecified atom stereocenters. The van der Waals surface area contributed by atoms with Gasteiger partial charge < -0.3 is 15.2 Å². The number of hydrogen-bond donors (Lipinski definition) is 1. The maximum Gasteiger partial charge on any atom is 0.258 e. The van der Waals surface area contributed by atoms with Gasteiger partial charge in [-0.1, -0.05) is 45.9 Å². The first-order valence-electron chi connectivity index (χ1n) is 13.3. The van der Waals surface area contributed by atoms with Crippen molar-refractivity contribution in [2.75, 3.05) is 13.1 Å². The first kappa shape index (κ1) is 26.4. The molecule has 0 bridgehead atoms. The van der Waals surface area contributed by atoms with Crippen LogP contribution in [0.2, 0.25) is 0 Å². The summed E-state index contributed by atoms with van der Waals surface area (Å²) in [6.07, 6.45) is 4.10. The Balaban J connectivity index is 1.72. The fourth-order valence-corrected chi connectivity index (χ4v) is 5.02. The lowest BCUT2D eigenvalue weighted by Crippen LogP contribution is -2.34. The molecule has 2 heterocycles. The van der Waals surface area contributed by atoms with Gasteiger partial charge in [-0.05, 0) is 72.5 Å². The van der Waals surface area contributed by atoms with Crippen LogP contribution in [0, 0.1) is 12.8 Å². The number of carbonyl (C=O) groups excluding carboxylic acids is 1. The maximum absolute atomic E-state index is 13.3. The molecule has 37 heavy (non-hydrogen) atoms. The van der Waals surface area contributed by atoms with E-state index >= 15 is 0 Å². The van der Waals surface area contributed by atoms with Crippen molar-refractivity contribution >= 4 is 34.3 Å². The molecule has 2 N–H and O–H groups in total. The minimum Gasteiger partial charge on any atom is -0.387 e. The van der Waals surface area contributed by atoms with Crippen LogP contribution in [-0.4, -0.2) is 34.3 Å². The molecular weight excluding hydrogens is 460 g/mol. The summed E-state index contributed by atoms with van der Waals surface area (Å²) >= 11 is 0. The predicted octanol–water partition coefficient (Wildman–Crippen LogP) is 6.06. The van der Waals surface area contributed by atoms with E-state index in [-0.39, 0.29) is 11.5 Å². The number of amides is 1. The largest absolute Gasteiger partial charge is 0.387 e. The van der Waals surface area contributed by atoms with E-state index in [4.69, 9.17) is 5.73 Å². The molecule has 3 aromatic rings. The third-order valence-electron chi connectivity index (χ3n) is 6.74. The van der Waals surface area contributed by atoms with Crippen molar-refractivity contribution in [3.8, 4) is 11.1 Å². The summed E-state index contributed by atoms with van der Waals surface area (Å²) in [6.45, 7) is 12.6. The Morgan fingerprint density at radius 1 is 1.05 bits per heavy atom. The number of aliphatic imine (C=N–C) groups is 1. The summed E-state index contributed by atoms with van der Waals surface area (Å²) in [7, 11) is 0. The van der Waals surface area contributed by atoms with Crippen LogP contribution in [-0.2, 0) is 11.3 Å². The minimum atomic E-state index is 0.0341. The maximum atomic E-state index is 13.3. The van der Waals surface area contributed by atoms with Gasteiger partial charge >= 0.3 is 0 Å². The summed E-state index contributed by atoms with van der Waals surface area (Å²) in [5.74, 6) is 0.863. The van der Waals surface area contributed by atoms with Crippen LogP contribution in [0.3, 0.4) is 0 Å². The number of rotatable bonds is 8. The molecule has 2 aromatic carbocycles. The number of aromatic nitrogens is 1. The normalized spacial score (nSPS) is 13.2. The van der Waals surface area contributed by atoms with Gasteiger partial charge in [0.25, 0.3) is 5.56 Å². The standard InChI is InChI=1S/C31H38N4O2/c1-6-12-34(13-7-2)30(36)26-16-24-9-8-23(17-28(24)33-29(32)18-26)22-10-11-27-25(15-22)14-21(5)35(31(27)37)19-20(3)4/h8-11,14-17,20H,6-7,12-13,18-19H2,1-5H3,(H2,32,33). The van der Waals surface area contributed by atoms with Gasteiger partial charge in [-0.15, -0.1) is 0 Å². The molecule has 1 amide bonds. The molecule has 6 heteroatoms. The van der Waals surface area contributed by atoms with Crippen molar-refractivity contribution in [3.63, 3.8) is 0 Å². The third kappa shape index (κ3) is 5.68. The van der Waals surface area contributed by atoms with E-state index in [0.717, 1.165) is 64.8 Å². The zero-order chi connectivity index (χ0) is 26.7. The van der Waals surface area contributed by atoms with Crippen molar-refractivity contribution in [2.45, 2.75) is 60.4 Å². The highest BCUT2D eigenvalue weighted by Gasteiger charge is 2.21. The Kier molecular flexibility index (Phi) is 7.96. The van der Waals surface area contributed by atoms with Crippen molar-refractivity contribution in [3.05, 3.63) is 69.6 Å². The second-order valence-electron chi connectivity index (χ2n) is 10.4. The molecule has 0 saturated carbocycles. The Morgan fingerprint density at radius 2 is 1.73 bits per heavy atom. The average molecular weight is 499 g/mol. The fraction of sp³-hybridized carbons (Fsp3) is 0.387. The summed E-state index contributed by atoms with van der Waals surface area (Å²) in [4.78, 5) is 32.9. The molecule has 6 nitrogen and oxygen atoms in total. The van der Waals surface area contributed by atoms with Crippen LogP contribution < -0.4 is 11.3 Å². The quantitative estimate of drug-likeness (QED) is 0.410. The Morgan fingerprint density at radius 3 is 2.41 bits per heavy atom. The van der Waals surface area contributed by atoms with Gasteiger partial charge in [-0.3, -0.25) is 9.59 Å². The van der Waals surface area contributed by atoms with Crippen LogP contribution in [0.15, 0.2) is 57.8 Å². The summed E-state index contributed by atoms with van der Waals surface area (Å²) < 4.78 is 1.86. The second-order valence-corrected chi connectivity index (χ2v) is 10.4. The third-order valence-corrected chi connectivity index (χ3v) is 6.74. The van der Waals surface area contributed by atoms with E-state index < -0.39 is 0 Å². The molecule has 0 aliphatic carbocycles. The van der Waals surface area contributed by atoms with E-state index in [1.807, 2.05) is 52.8 Å². The summed E-state index contributed by atoms with van der Waals surface area (Å²) in [6, 6.07) is 14.1. The molecule has 0 saturated heterocycles. The Hall–Kier alpha value is -3.67. The van der Waals surface area contributed by atoms with E-state index in [0.29, 0.717) is 30.3 Å². The van der Waals surface area contributed by atoms with Gasteiger partial charge in [0.2, 0.25) is 5.91 Å². The molecule has 1 aliphatic heterocycles. The van der Waals surface area contributed by atoms with Gasteiger partial charge in [0.1, 0.15) is 5.84 Å². The van der Waals surface area contributed by atoms with Crippen molar-refractivity contribution in [1.82, 2.24) is 9.47 Å². The molecule has 0 radical (unpaired) electrons. The van der Waals surface area contributed by atoms with Crippen LogP contribution in [0.1, 0.15) is 58.2 Å². The predicted molar refractivity (Wildman–Crippen MR) is 154 cm³/mol. The number of fused-ring (bicyclic) bond motifs is 2. The molecule has 0 spiro atoms. The van der Waals surface area contributed by atoms with E-state index in [1.165, 1.54) is 0 Å². The van der Waals surface area contributed by atoms with E-state index in [2.05, 4.69) is 44.8 Å². The molecule has 194 valence electrons. The number of amidine groups is 1. The van der Waals surface area contributed by atoms with Gasteiger partial charge in [-0.25, -0.2) is 4.99 Å². The minimum absolute atomic E-state index is 0.0341. The number of aryl methyl sites for hydroxylation is 1.